The molecule has 1 aromatic heterocycles. The van der Waals surface area contributed by atoms with Crippen LogP contribution in [0.3, 0.4) is 0 Å². The van der Waals surface area contributed by atoms with Crippen LogP contribution in [0.25, 0.3) is 5.70 Å². The van der Waals surface area contributed by atoms with E-state index < -0.39 is 48.0 Å². The molecule has 49 heavy (non-hydrogen) atoms. The zero-order valence-electron chi connectivity index (χ0n) is 26.5. The summed E-state index contributed by atoms with van der Waals surface area (Å²) < 4.78 is 7.20. The summed E-state index contributed by atoms with van der Waals surface area (Å²) in [5.74, 6) is -3.21. The van der Waals surface area contributed by atoms with Gasteiger partial charge in [0.2, 0.25) is 28.8 Å². The zero-order valence-corrected chi connectivity index (χ0v) is 27.3. The highest BCUT2D eigenvalue weighted by Crippen LogP contribution is 2.48. The molecule has 3 atom stereocenters. The molecule has 0 saturated heterocycles. The lowest BCUT2D eigenvalue weighted by atomic mass is 9.90. The van der Waals surface area contributed by atoms with E-state index in [-0.39, 0.29) is 25.2 Å². The second-order valence-electron chi connectivity index (χ2n) is 11.4. The number of carbonyl (C=O) groups is 4. The van der Waals surface area contributed by atoms with Gasteiger partial charge in [-0.25, -0.2) is 0 Å². The molecule has 252 valence electrons. The van der Waals surface area contributed by atoms with Gasteiger partial charge in [0.1, 0.15) is 30.1 Å². The third kappa shape index (κ3) is 8.41. The van der Waals surface area contributed by atoms with Gasteiger partial charge < -0.3 is 31.3 Å². The van der Waals surface area contributed by atoms with Gasteiger partial charge in [0, 0.05) is 29.9 Å². The second kappa shape index (κ2) is 16.2. The molecule has 1 aliphatic heterocycles. The van der Waals surface area contributed by atoms with Crippen LogP contribution >= 0.6 is 11.8 Å². The highest BCUT2D eigenvalue weighted by molar-refractivity contribution is 8.03. The number of nitrogens with one attached hydrogen (secondary N) is 2. The molecule has 0 saturated carbocycles. The van der Waals surface area contributed by atoms with E-state index in [0.29, 0.717) is 21.9 Å². The molecular weight excluding hydrogens is 644 g/mol. The van der Waals surface area contributed by atoms with Crippen molar-refractivity contribution in [3.05, 3.63) is 143 Å². The van der Waals surface area contributed by atoms with Gasteiger partial charge in [-0.2, -0.15) is 4.57 Å². The number of fused-ring (bicyclic) bond motifs is 1. The fraction of sp³-hybridized carbons (Fsp3) is 0.216. The van der Waals surface area contributed by atoms with Gasteiger partial charge in [-0.3, -0.25) is 19.2 Å². The van der Waals surface area contributed by atoms with Gasteiger partial charge in [-0.15, -0.1) is 11.8 Å². The van der Waals surface area contributed by atoms with Crippen molar-refractivity contribution in [2.45, 2.75) is 37.1 Å². The zero-order chi connectivity index (χ0) is 34.8. The standard InChI is InChI=1S/C37H36N4O7S/c38-28(36(45)46)19-20-31(42)40-29(35(44)39-22-32(43)48-23-25-12-4-1-5-13-25)24-49-34-33(26-14-6-2-7-15-26)41-21-11-10-18-30(41)37(34,47)27-16-8-3-9-17-27/h1-18,21,28-29,47H,19-20,22-24,38H2,(H2-,39,40,42,44,45,46)/p+1/t28-,29-,37?/m0/s1. The molecule has 2 heterocycles. The van der Waals surface area contributed by atoms with E-state index in [4.69, 9.17) is 15.6 Å². The van der Waals surface area contributed by atoms with Crippen LogP contribution in [0.4, 0.5) is 0 Å². The van der Waals surface area contributed by atoms with E-state index in [0.717, 1.165) is 11.1 Å². The molecule has 3 aromatic carbocycles. The predicted molar refractivity (Wildman–Crippen MR) is 183 cm³/mol. The molecule has 11 nitrogen and oxygen atoms in total. The van der Waals surface area contributed by atoms with Crippen LogP contribution in [0, 0.1) is 0 Å². The molecule has 12 heteroatoms. The number of esters is 1. The van der Waals surface area contributed by atoms with Gasteiger partial charge in [-0.1, -0.05) is 78.9 Å². The number of aromatic nitrogens is 1. The molecule has 0 aliphatic carbocycles. The summed E-state index contributed by atoms with van der Waals surface area (Å²) in [6.07, 6.45) is 1.48. The minimum Gasteiger partial charge on any atom is -0.480 e. The van der Waals surface area contributed by atoms with Crippen molar-refractivity contribution < 1.29 is 38.7 Å². The van der Waals surface area contributed by atoms with E-state index in [2.05, 4.69) is 10.6 Å². The molecule has 4 aromatic rings. The van der Waals surface area contributed by atoms with E-state index in [9.17, 15) is 24.3 Å². The topological polar surface area (TPSA) is 172 Å². The predicted octanol–water partition coefficient (Wildman–Crippen LogP) is 2.71. The van der Waals surface area contributed by atoms with Crippen LogP contribution in [-0.2, 0) is 36.1 Å². The van der Waals surface area contributed by atoms with Gasteiger partial charge in [0.15, 0.2) is 6.20 Å². The van der Waals surface area contributed by atoms with E-state index in [1.165, 1.54) is 11.8 Å². The quantitative estimate of drug-likeness (QED) is 0.0935. The average Bonchev–Trinajstić information content (AvgIpc) is 3.39. The first-order chi connectivity index (χ1) is 23.7. The molecule has 0 bridgehead atoms. The number of nitrogens with two attached hydrogens (primary N) is 1. The molecule has 1 aliphatic rings. The number of hydrogen-bond acceptors (Lipinski definition) is 8. The first-order valence-corrected chi connectivity index (χ1v) is 16.6. The largest absolute Gasteiger partial charge is 0.480 e. The Morgan fingerprint density at radius 1 is 0.878 bits per heavy atom. The Hall–Kier alpha value is -5.30. The summed E-state index contributed by atoms with van der Waals surface area (Å²) in [4.78, 5) is 50.8. The Labute approximate surface area is 287 Å². The van der Waals surface area contributed by atoms with Crippen LogP contribution in [0.2, 0.25) is 0 Å². The SMILES string of the molecule is N[C@@H](CCC(=O)N[C@@H](CSC1=C(c2ccccc2)[n+]2ccccc2C1(O)c1ccccc1)C(=O)NCC(=O)OCc1ccccc1)C(=O)O. The number of carbonyl (C=O) groups excluding carboxylic acids is 3. The third-order valence-electron chi connectivity index (χ3n) is 7.95. The number of aliphatic hydroxyl groups is 1. The Morgan fingerprint density at radius 3 is 2.18 bits per heavy atom. The maximum absolute atomic E-state index is 13.6. The molecule has 1 unspecified atom stereocenters. The fourth-order valence-corrected chi connectivity index (χ4v) is 6.78. The maximum Gasteiger partial charge on any atom is 0.325 e. The van der Waals surface area contributed by atoms with Gasteiger partial charge in [0.05, 0.1) is 0 Å². The molecule has 0 radical (unpaired) electrons. The molecule has 2 amide bonds. The molecular formula is C37H37N4O7S+. The highest BCUT2D eigenvalue weighted by Gasteiger charge is 2.53. The number of carboxylic acids is 1. The first kappa shape index (κ1) is 35.0. The summed E-state index contributed by atoms with van der Waals surface area (Å²) in [7, 11) is 0. The van der Waals surface area contributed by atoms with Crippen LogP contribution in [-0.4, -0.2) is 58.3 Å². The lowest BCUT2D eigenvalue weighted by Gasteiger charge is -2.25. The number of benzene rings is 3. The average molecular weight is 682 g/mol. The lowest BCUT2D eigenvalue weighted by molar-refractivity contribution is -0.587. The van der Waals surface area contributed by atoms with E-state index >= 15 is 0 Å². The summed E-state index contributed by atoms with van der Waals surface area (Å²) in [5, 5.41) is 27.0. The van der Waals surface area contributed by atoms with Gasteiger partial charge in [0.25, 0.3) is 0 Å². The number of aliphatic carboxylic acids is 1. The Bertz CT molecular complexity index is 1820. The van der Waals surface area contributed by atoms with Crippen molar-refractivity contribution in [2.24, 2.45) is 5.73 Å². The lowest BCUT2D eigenvalue weighted by Crippen LogP contribution is -2.49. The number of hydrogen-bond donors (Lipinski definition) is 5. The van der Waals surface area contributed by atoms with Crippen LogP contribution in [0.15, 0.2) is 120 Å². The minimum atomic E-state index is -1.61. The van der Waals surface area contributed by atoms with Crippen LogP contribution in [0.5, 0.6) is 0 Å². The molecule has 0 fully saturated rings. The van der Waals surface area contributed by atoms with Crippen molar-refractivity contribution in [2.75, 3.05) is 12.3 Å². The number of pyridine rings is 1. The van der Waals surface area contributed by atoms with Crippen LogP contribution < -0.4 is 20.9 Å². The highest BCUT2D eigenvalue weighted by atomic mass is 32.2. The second-order valence-corrected chi connectivity index (χ2v) is 12.4. The number of rotatable bonds is 15. The van der Waals surface area contributed by atoms with Crippen molar-refractivity contribution in [3.63, 3.8) is 0 Å². The Kier molecular flexibility index (Phi) is 11.6. The van der Waals surface area contributed by atoms with Crippen molar-refractivity contribution in [1.29, 1.82) is 0 Å². The number of ether oxygens (including phenoxy) is 1. The van der Waals surface area contributed by atoms with Gasteiger partial charge in [-0.05, 0) is 35.7 Å². The molecule has 5 rings (SSSR count). The Balaban J connectivity index is 1.42. The normalized spacial score (nSPS) is 16.3. The summed E-state index contributed by atoms with van der Waals surface area (Å²) >= 11 is 1.19. The number of nitrogens with zero attached hydrogens (tertiary/aromatic N) is 1. The Morgan fingerprint density at radius 2 is 1.51 bits per heavy atom. The maximum atomic E-state index is 13.6. The molecule has 6 N–H and O–H groups in total. The number of amides is 2. The smallest absolute Gasteiger partial charge is 0.325 e. The summed E-state index contributed by atoms with van der Waals surface area (Å²) in [6, 6.07) is 30.9. The van der Waals surface area contributed by atoms with Crippen LogP contribution in [0.1, 0.15) is 35.2 Å². The monoisotopic (exact) mass is 681 g/mol. The summed E-state index contributed by atoms with van der Waals surface area (Å²) in [6.45, 7) is -0.415. The minimum absolute atomic E-state index is 0.0299. The van der Waals surface area contributed by atoms with Gasteiger partial charge >= 0.3 is 11.9 Å². The number of thioether (sulfide) groups is 1. The molecule has 0 spiro atoms. The fourth-order valence-electron chi connectivity index (χ4n) is 5.43. The van der Waals surface area contributed by atoms with E-state index in [1.807, 2.05) is 108 Å². The van der Waals surface area contributed by atoms with Crippen molar-refractivity contribution in [3.8, 4) is 0 Å². The summed E-state index contributed by atoms with van der Waals surface area (Å²) in [5.41, 5.74) is 7.50. The first-order valence-electron chi connectivity index (χ1n) is 15.7. The van der Waals surface area contributed by atoms with Crippen molar-refractivity contribution >= 4 is 41.2 Å². The third-order valence-corrected chi connectivity index (χ3v) is 9.23. The van der Waals surface area contributed by atoms with Crippen molar-refractivity contribution in [1.82, 2.24) is 10.6 Å². The van der Waals surface area contributed by atoms with E-state index in [1.54, 1.807) is 12.1 Å². The number of carboxylic acid groups (broad SMARTS) is 1.